The van der Waals surface area contributed by atoms with Gasteiger partial charge in [0.05, 0.1) is 5.92 Å². The van der Waals surface area contributed by atoms with E-state index in [2.05, 4.69) is 18.7 Å². The SMILES string of the molecule is CCC(CC)CN1CC(C(C)C(=O)O)C1. The van der Waals surface area contributed by atoms with Gasteiger partial charge in [-0.2, -0.15) is 0 Å². The van der Waals surface area contributed by atoms with Crippen molar-refractivity contribution >= 4 is 5.97 Å². The molecule has 0 bridgehead atoms. The van der Waals surface area contributed by atoms with E-state index in [1.165, 1.54) is 12.8 Å². The number of hydrogen-bond donors (Lipinski definition) is 1. The fourth-order valence-electron chi connectivity index (χ4n) is 2.19. The van der Waals surface area contributed by atoms with Crippen LogP contribution < -0.4 is 0 Å². The number of carbonyl (C=O) groups is 1. The van der Waals surface area contributed by atoms with Crippen LogP contribution in [-0.2, 0) is 4.79 Å². The van der Waals surface area contributed by atoms with E-state index in [4.69, 9.17) is 5.11 Å². The molecule has 1 fully saturated rings. The molecule has 1 aliphatic rings. The Bertz CT molecular complexity index is 208. The molecule has 1 aliphatic heterocycles. The molecule has 0 aromatic rings. The molecule has 3 nitrogen and oxygen atoms in total. The molecule has 1 N–H and O–H groups in total. The van der Waals surface area contributed by atoms with Crippen molar-refractivity contribution < 1.29 is 9.90 Å². The molecule has 1 saturated heterocycles. The third-order valence-corrected chi connectivity index (χ3v) is 3.75. The minimum absolute atomic E-state index is 0.178. The van der Waals surface area contributed by atoms with Crippen LogP contribution in [0.15, 0.2) is 0 Å². The van der Waals surface area contributed by atoms with Crippen molar-refractivity contribution in [2.75, 3.05) is 19.6 Å². The van der Waals surface area contributed by atoms with E-state index in [-0.39, 0.29) is 5.92 Å². The number of carboxylic acid groups (broad SMARTS) is 1. The predicted octanol–water partition coefficient (Wildman–Crippen LogP) is 2.08. The summed E-state index contributed by atoms with van der Waals surface area (Å²) in [4.78, 5) is 13.1. The van der Waals surface area contributed by atoms with E-state index < -0.39 is 5.97 Å². The van der Waals surface area contributed by atoms with Gasteiger partial charge in [0, 0.05) is 19.6 Å². The largest absolute Gasteiger partial charge is 0.481 e. The Morgan fingerprint density at radius 2 is 1.93 bits per heavy atom. The van der Waals surface area contributed by atoms with Gasteiger partial charge < -0.3 is 10.0 Å². The molecule has 1 atom stereocenters. The van der Waals surface area contributed by atoms with E-state index in [0.29, 0.717) is 5.92 Å². The third-order valence-electron chi connectivity index (χ3n) is 3.75. The lowest BCUT2D eigenvalue weighted by atomic mass is 9.86. The highest BCUT2D eigenvalue weighted by atomic mass is 16.4. The molecule has 1 rings (SSSR count). The zero-order valence-corrected chi connectivity index (χ0v) is 10.1. The molecule has 88 valence electrons. The maximum atomic E-state index is 10.8. The van der Waals surface area contributed by atoms with Gasteiger partial charge in [0.15, 0.2) is 0 Å². The highest BCUT2D eigenvalue weighted by Crippen LogP contribution is 2.25. The van der Waals surface area contributed by atoms with Crippen molar-refractivity contribution in [1.82, 2.24) is 4.90 Å². The lowest BCUT2D eigenvalue weighted by Crippen LogP contribution is -2.52. The summed E-state index contributed by atoms with van der Waals surface area (Å²) in [6.45, 7) is 9.38. The fraction of sp³-hybridized carbons (Fsp3) is 0.917. The zero-order chi connectivity index (χ0) is 11.4. The summed E-state index contributed by atoms with van der Waals surface area (Å²) in [6.07, 6.45) is 2.46. The first kappa shape index (κ1) is 12.5. The summed E-state index contributed by atoms with van der Waals surface area (Å²) in [7, 11) is 0. The first-order valence-corrected chi connectivity index (χ1v) is 6.03. The van der Waals surface area contributed by atoms with Gasteiger partial charge in [-0.25, -0.2) is 0 Å². The Kier molecular flexibility index (Phi) is 4.58. The van der Waals surface area contributed by atoms with Crippen LogP contribution in [0.5, 0.6) is 0 Å². The van der Waals surface area contributed by atoms with Crippen LogP contribution in [0.1, 0.15) is 33.6 Å². The van der Waals surface area contributed by atoms with Gasteiger partial charge in [-0.1, -0.05) is 33.6 Å². The summed E-state index contributed by atoms with van der Waals surface area (Å²) in [5.74, 6) is 0.327. The minimum Gasteiger partial charge on any atom is -0.481 e. The molecule has 0 aromatic carbocycles. The molecular formula is C12H23NO2. The lowest BCUT2D eigenvalue weighted by molar-refractivity contribution is -0.145. The molecule has 0 amide bonds. The first-order chi connectivity index (χ1) is 7.08. The summed E-state index contributed by atoms with van der Waals surface area (Å²) in [5, 5.41) is 8.86. The fourth-order valence-corrected chi connectivity index (χ4v) is 2.19. The second-order valence-corrected chi connectivity index (χ2v) is 4.79. The van der Waals surface area contributed by atoms with Crippen molar-refractivity contribution in [3.8, 4) is 0 Å². The molecule has 1 heterocycles. The Labute approximate surface area is 92.5 Å². The van der Waals surface area contributed by atoms with Crippen LogP contribution in [0.25, 0.3) is 0 Å². The lowest BCUT2D eigenvalue weighted by Gasteiger charge is -2.42. The van der Waals surface area contributed by atoms with Crippen LogP contribution in [0.4, 0.5) is 0 Å². The van der Waals surface area contributed by atoms with Gasteiger partial charge in [-0.15, -0.1) is 0 Å². The standard InChI is InChI=1S/C12H23NO2/c1-4-10(5-2)6-13-7-11(8-13)9(3)12(14)15/h9-11H,4-8H2,1-3H3,(H,14,15). The van der Waals surface area contributed by atoms with E-state index in [1.54, 1.807) is 0 Å². The normalized spacial score (nSPS) is 20.3. The topological polar surface area (TPSA) is 40.5 Å². The van der Waals surface area contributed by atoms with Crippen LogP contribution in [-0.4, -0.2) is 35.6 Å². The molecule has 1 unspecified atom stereocenters. The smallest absolute Gasteiger partial charge is 0.306 e. The quantitative estimate of drug-likeness (QED) is 0.734. The molecule has 0 aromatic heterocycles. The van der Waals surface area contributed by atoms with Gasteiger partial charge >= 0.3 is 5.97 Å². The minimum atomic E-state index is -0.651. The third kappa shape index (κ3) is 3.20. The molecule has 0 radical (unpaired) electrons. The van der Waals surface area contributed by atoms with Crippen molar-refractivity contribution in [2.45, 2.75) is 33.6 Å². The van der Waals surface area contributed by atoms with Crippen LogP contribution in [0.3, 0.4) is 0 Å². The molecule has 15 heavy (non-hydrogen) atoms. The van der Waals surface area contributed by atoms with Gasteiger partial charge in [0.1, 0.15) is 0 Å². The van der Waals surface area contributed by atoms with Gasteiger partial charge in [0.2, 0.25) is 0 Å². The summed E-state index contributed by atoms with van der Waals surface area (Å²) < 4.78 is 0. The second-order valence-electron chi connectivity index (χ2n) is 4.79. The Balaban J connectivity index is 2.22. The summed E-state index contributed by atoms with van der Waals surface area (Å²) in [5.41, 5.74) is 0. The van der Waals surface area contributed by atoms with Crippen LogP contribution in [0, 0.1) is 17.8 Å². The van der Waals surface area contributed by atoms with Gasteiger partial charge in [-0.3, -0.25) is 4.79 Å². The number of nitrogens with zero attached hydrogens (tertiary/aromatic N) is 1. The maximum Gasteiger partial charge on any atom is 0.306 e. The monoisotopic (exact) mass is 213 g/mol. The number of carboxylic acids is 1. The average molecular weight is 213 g/mol. The highest BCUT2D eigenvalue weighted by molar-refractivity contribution is 5.70. The average Bonchev–Trinajstić information content (AvgIpc) is 2.15. The molecule has 0 aliphatic carbocycles. The van der Waals surface area contributed by atoms with Gasteiger partial charge in [-0.05, 0) is 11.8 Å². The highest BCUT2D eigenvalue weighted by Gasteiger charge is 2.34. The Morgan fingerprint density at radius 3 is 2.33 bits per heavy atom. The molecule has 3 heteroatoms. The van der Waals surface area contributed by atoms with E-state index in [1.807, 2.05) is 6.92 Å². The first-order valence-electron chi connectivity index (χ1n) is 6.03. The van der Waals surface area contributed by atoms with Crippen LogP contribution >= 0.6 is 0 Å². The molecular weight excluding hydrogens is 190 g/mol. The number of aliphatic carboxylic acids is 1. The molecule has 0 saturated carbocycles. The molecule has 0 spiro atoms. The number of rotatable bonds is 6. The van der Waals surface area contributed by atoms with E-state index in [9.17, 15) is 4.79 Å². The Hall–Kier alpha value is -0.570. The van der Waals surface area contributed by atoms with Crippen molar-refractivity contribution in [3.05, 3.63) is 0 Å². The second kappa shape index (κ2) is 5.50. The predicted molar refractivity (Wildman–Crippen MR) is 60.8 cm³/mol. The van der Waals surface area contributed by atoms with Gasteiger partial charge in [0.25, 0.3) is 0 Å². The summed E-state index contributed by atoms with van der Waals surface area (Å²) >= 11 is 0. The number of hydrogen-bond acceptors (Lipinski definition) is 2. The summed E-state index contributed by atoms with van der Waals surface area (Å²) in [6, 6.07) is 0. The van der Waals surface area contributed by atoms with E-state index in [0.717, 1.165) is 25.6 Å². The Morgan fingerprint density at radius 1 is 1.40 bits per heavy atom. The van der Waals surface area contributed by atoms with E-state index >= 15 is 0 Å². The van der Waals surface area contributed by atoms with Crippen molar-refractivity contribution in [3.63, 3.8) is 0 Å². The maximum absolute atomic E-state index is 10.8. The van der Waals surface area contributed by atoms with Crippen LogP contribution in [0.2, 0.25) is 0 Å². The van der Waals surface area contributed by atoms with Crippen molar-refractivity contribution in [2.24, 2.45) is 17.8 Å². The number of likely N-dealkylation sites (tertiary alicyclic amines) is 1. The zero-order valence-electron chi connectivity index (χ0n) is 10.1. The van der Waals surface area contributed by atoms with Crippen molar-refractivity contribution in [1.29, 1.82) is 0 Å².